The summed E-state index contributed by atoms with van der Waals surface area (Å²) < 4.78 is 1.72. The largest absolute Gasteiger partial charge is 0.314 e. The number of hydrogen-bond acceptors (Lipinski definition) is 3. The van der Waals surface area contributed by atoms with E-state index in [1.165, 1.54) is 0 Å². The zero-order valence-electron chi connectivity index (χ0n) is 11.6. The molecule has 0 aliphatic heterocycles. The van der Waals surface area contributed by atoms with Crippen molar-refractivity contribution in [1.82, 2.24) is 15.1 Å². The van der Waals surface area contributed by atoms with Crippen LogP contribution in [0.25, 0.3) is 0 Å². The average Bonchev–Trinajstić information content (AvgIpc) is 2.56. The molecule has 4 nitrogen and oxygen atoms in total. The fraction of sp³-hybridized carbons (Fsp3) is 0.692. The van der Waals surface area contributed by atoms with E-state index in [4.69, 9.17) is 11.6 Å². The van der Waals surface area contributed by atoms with Crippen molar-refractivity contribution in [3.63, 3.8) is 0 Å². The van der Waals surface area contributed by atoms with Gasteiger partial charge in [-0.2, -0.15) is 5.10 Å². The lowest BCUT2D eigenvalue weighted by Crippen LogP contribution is -2.26. The fourth-order valence-corrected chi connectivity index (χ4v) is 2.15. The summed E-state index contributed by atoms with van der Waals surface area (Å²) in [6.45, 7) is 6.85. The Morgan fingerprint density at radius 3 is 2.67 bits per heavy atom. The predicted octanol–water partition coefficient (Wildman–Crippen LogP) is 2.14. The van der Waals surface area contributed by atoms with Gasteiger partial charge in [-0.25, -0.2) is 0 Å². The molecule has 0 unspecified atom stereocenters. The van der Waals surface area contributed by atoms with Gasteiger partial charge < -0.3 is 5.32 Å². The van der Waals surface area contributed by atoms with Crippen molar-refractivity contribution < 1.29 is 4.79 Å². The molecule has 0 saturated heterocycles. The van der Waals surface area contributed by atoms with Crippen LogP contribution >= 0.6 is 11.6 Å². The Morgan fingerprint density at radius 2 is 2.17 bits per heavy atom. The van der Waals surface area contributed by atoms with E-state index < -0.39 is 0 Å². The van der Waals surface area contributed by atoms with Gasteiger partial charge in [0.1, 0.15) is 5.78 Å². The Labute approximate surface area is 114 Å². The minimum Gasteiger partial charge on any atom is -0.314 e. The van der Waals surface area contributed by atoms with Gasteiger partial charge in [0.15, 0.2) is 0 Å². The number of carbonyl (C=O) groups excluding carboxylic acids is 1. The molecule has 0 bridgehead atoms. The van der Waals surface area contributed by atoms with Crippen molar-refractivity contribution in [2.24, 2.45) is 7.05 Å². The van der Waals surface area contributed by atoms with Gasteiger partial charge in [0.25, 0.3) is 0 Å². The van der Waals surface area contributed by atoms with Gasteiger partial charge in [-0.05, 0) is 6.42 Å². The molecule has 0 aliphatic carbocycles. The molecule has 1 heterocycles. The fourth-order valence-electron chi connectivity index (χ4n) is 1.79. The number of aryl methyl sites for hydroxylation is 2. The van der Waals surface area contributed by atoms with E-state index in [0.717, 1.165) is 17.8 Å². The number of carbonyl (C=O) groups is 1. The minimum absolute atomic E-state index is 0.190. The SMILES string of the molecule is CCc1nn(C)c(CC(=O)CCNC(C)C)c1Cl. The van der Waals surface area contributed by atoms with Crippen molar-refractivity contribution in [2.45, 2.75) is 46.1 Å². The normalized spacial score (nSPS) is 11.2. The van der Waals surface area contributed by atoms with Crippen LogP contribution in [-0.2, 0) is 24.7 Å². The zero-order chi connectivity index (χ0) is 13.7. The lowest BCUT2D eigenvalue weighted by molar-refractivity contribution is -0.118. The quantitative estimate of drug-likeness (QED) is 0.827. The van der Waals surface area contributed by atoms with Crippen LogP contribution in [0, 0.1) is 0 Å². The average molecular weight is 272 g/mol. The summed E-state index contributed by atoms with van der Waals surface area (Å²) in [4.78, 5) is 11.9. The molecule has 0 atom stereocenters. The summed E-state index contributed by atoms with van der Waals surface area (Å²) >= 11 is 6.21. The second-order valence-corrected chi connectivity index (χ2v) is 5.14. The highest BCUT2D eigenvalue weighted by atomic mass is 35.5. The number of nitrogens with one attached hydrogen (secondary N) is 1. The molecule has 1 aromatic rings. The third-order valence-corrected chi connectivity index (χ3v) is 3.26. The first-order valence-corrected chi connectivity index (χ1v) is 6.78. The molecule has 1 N–H and O–H groups in total. The van der Waals surface area contributed by atoms with Crippen LogP contribution in [0.5, 0.6) is 0 Å². The van der Waals surface area contributed by atoms with Crippen molar-refractivity contribution in [3.8, 4) is 0 Å². The Bertz CT molecular complexity index is 413. The monoisotopic (exact) mass is 271 g/mol. The van der Waals surface area contributed by atoms with Crippen molar-refractivity contribution >= 4 is 17.4 Å². The Balaban J connectivity index is 2.56. The highest BCUT2D eigenvalue weighted by molar-refractivity contribution is 6.32. The lowest BCUT2D eigenvalue weighted by Gasteiger charge is -2.07. The first-order chi connectivity index (χ1) is 8.45. The summed E-state index contributed by atoms with van der Waals surface area (Å²) in [5, 5.41) is 8.18. The van der Waals surface area contributed by atoms with E-state index in [2.05, 4.69) is 24.3 Å². The minimum atomic E-state index is 0.190. The van der Waals surface area contributed by atoms with Gasteiger partial charge in [0, 0.05) is 32.5 Å². The van der Waals surface area contributed by atoms with Gasteiger partial charge in [-0.3, -0.25) is 9.48 Å². The molecule has 1 rings (SSSR count). The number of hydrogen-bond donors (Lipinski definition) is 1. The zero-order valence-corrected chi connectivity index (χ0v) is 12.3. The second-order valence-electron chi connectivity index (χ2n) is 4.76. The first kappa shape index (κ1) is 15.2. The molecule has 0 fully saturated rings. The third-order valence-electron chi connectivity index (χ3n) is 2.82. The second kappa shape index (κ2) is 6.90. The Hall–Kier alpha value is -0.870. The van der Waals surface area contributed by atoms with Crippen LogP contribution in [-0.4, -0.2) is 28.2 Å². The Morgan fingerprint density at radius 1 is 1.50 bits per heavy atom. The van der Waals surface area contributed by atoms with E-state index in [9.17, 15) is 4.79 Å². The standard InChI is InChI=1S/C13H22ClN3O/c1-5-11-13(14)12(17(4)16-11)8-10(18)6-7-15-9(2)3/h9,15H,5-8H2,1-4H3. The molecule has 0 aliphatic rings. The van der Waals surface area contributed by atoms with E-state index in [-0.39, 0.29) is 5.78 Å². The summed E-state index contributed by atoms with van der Waals surface area (Å²) in [6.07, 6.45) is 1.68. The molecule has 0 radical (unpaired) electrons. The van der Waals surface area contributed by atoms with Crippen LogP contribution in [0.2, 0.25) is 5.02 Å². The molecule has 18 heavy (non-hydrogen) atoms. The number of rotatable bonds is 7. The summed E-state index contributed by atoms with van der Waals surface area (Å²) in [5.74, 6) is 0.190. The number of ketones is 1. The van der Waals surface area contributed by atoms with E-state index in [0.29, 0.717) is 30.5 Å². The van der Waals surface area contributed by atoms with Gasteiger partial charge in [0.05, 0.1) is 16.4 Å². The summed E-state index contributed by atoms with van der Waals surface area (Å²) in [6, 6.07) is 0.407. The maximum atomic E-state index is 11.9. The molecule has 1 aromatic heterocycles. The molecular formula is C13H22ClN3O. The van der Waals surface area contributed by atoms with Crippen LogP contribution < -0.4 is 5.32 Å². The maximum Gasteiger partial charge on any atom is 0.140 e. The maximum absolute atomic E-state index is 11.9. The van der Waals surface area contributed by atoms with Crippen LogP contribution in [0.1, 0.15) is 38.6 Å². The smallest absolute Gasteiger partial charge is 0.140 e. The van der Waals surface area contributed by atoms with E-state index in [1.54, 1.807) is 4.68 Å². The van der Waals surface area contributed by atoms with Crippen LogP contribution in [0.4, 0.5) is 0 Å². The predicted molar refractivity (Wildman–Crippen MR) is 74.1 cm³/mol. The highest BCUT2D eigenvalue weighted by Crippen LogP contribution is 2.21. The summed E-state index contributed by atoms with van der Waals surface area (Å²) in [7, 11) is 1.83. The van der Waals surface area contributed by atoms with Crippen molar-refractivity contribution in [1.29, 1.82) is 0 Å². The van der Waals surface area contributed by atoms with Crippen LogP contribution in [0.15, 0.2) is 0 Å². The number of Topliss-reactive ketones (excluding diaryl/α,β-unsaturated/α-hetero) is 1. The van der Waals surface area contributed by atoms with Gasteiger partial charge in [-0.15, -0.1) is 0 Å². The number of aromatic nitrogens is 2. The van der Waals surface area contributed by atoms with Crippen molar-refractivity contribution in [3.05, 3.63) is 16.4 Å². The Kier molecular flexibility index (Phi) is 5.82. The summed E-state index contributed by atoms with van der Waals surface area (Å²) in [5.41, 5.74) is 1.69. The number of nitrogens with zero attached hydrogens (tertiary/aromatic N) is 2. The van der Waals surface area contributed by atoms with Gasteiger partial charge in [-0.1, -0.05) is 32.4 Å². The molecule has 0 saturated carbocycles. The molecule has 0 aromatic carbocycles. The highest BCUT2D eigenvalue weighted by Gasteiger charge is 2.15. The molecular weight excluding hydrogens is 250 g/mol. The van der Waals surface area contributed by atoms with Crippen molar-refractivity contribution in [2.75, 3.05) is 6.54 Å². The van der Waals surface area contributed by atoms with E-state index >= 15 is 0 Å². The molecule has 5 heteroatoms. The number of halogens is 1. The molecule has 0 amide bonds. The van der Waals surface area contributed by atoms with Gasteiger partial charge in [0.2, 0.25) is 0 Å². The topological polar surface area (TPSA) is 46.9 Å². The first-order valence-electron chi connectivity index (χ1n) is 6.41. The molecule has 0 spiro atoms. The van der Waals surface area contributed by atoms with Gasteiger partial charge >= 0.3 is 0 Å². The lowest BCUT2D eigenvalue weighted by atomic mass is 10.1. The third kappa shape index (κ3) is 4.10. The molecule has 102 valence electrons. The van der Waals surface area contributed by atoms with Crippen LogP contribution in [0.3, 0.4) is 0 Å². The van der Waals surface area contributed by atoms with E-state index in [1.807, 2.05) is 14.0 Å².